The van der Waals surface area contributed by atoms with Crippen LogP contribution in [0.3, 0.4) is 0 Å². The number of carboxylic acids is 1. The van der Waals surface area contributed by atoms with Crippen LogP contribution in [0, 0.1) is 34.6 Å². The molecule has 2 N–H and O–H groups in total. The molecule has 2 aromatic rings. The smallest absolute Gasteiger partial charge is 0.328 e. The van der Waals surface area contributed by atoms with E-state index in [2.05, 4.69) is 39.9 Å². The molecule has 2 rings (SSSR count). The SMILES string of the molecule is Cc1c(C)c(C)c(CSc2ccccc2NC(=O)/C=C/C(=O)O)c(C)c1C. The van der Waals surface area contributed by atoms with E-state index in [-0.39, 0.29) is 0 Å². The quantitative estimate of drug-likeness (QED) is 0.538. The average molecular weight is 384 g/mol. The van der Waals surface area contributed by atoms with Crippen LogP contribution in [0.1, 0.15) is 33.4 Å². The Morgan fingerprint density at radius 1 is 0.926 bits per heavy atom. The Kier molecular flexibility index (Phi) is 6.86. The highest BCUT2D eigenvalue weighted by Gasteiger charge is 2.13. The van der Waals surface area contributed by atoms with Crippen molar-refractivity contribution in [2.45, 2.75) is 45.3 Å². The number of carbonyl (C=O) groups is 2. The molecule has 0 aromatic heterocycles. The van der Waals surface area contributed by atoms with Crippen molar-refractivity contribution in [1.82, 2.24) is 0 Å². The maximum Gasteiger partial charge on any atom is 0.328 e. The standard InChI is InChI=1S/C22H25NO3S/c1-13-14(2)16(4)18(17(5)15(13)3)12-27-20-9-7-6-8-19(20)23-21(24)10-11-22(25)26/h6-11H,12H2,1-5H3,(H,23,24)(H,25,26)/b11-10+. The molecule has 0 aliphatic heterocycles. The van der Waals surface area contributed by atoms with Gasteiger partial charge in [-0.15, -0.1) is 11.8 Å². The van der Waals surface area contributed by atoms with Crippen molar-refractivity contribution in [2.75, 3.05) is 5.32 Å². The number of amides is 1. The number of hydrogen-bond acceptors (Lipinski definition) is 3. The minimum absolute atomic E-state index is 0.458. The van der Waals surface area contributed by atoms with E-state index in [1.165, 1.54) is 33.4 Å². The molecule has 0 heterocycles. The van der Waals surface area contributed by atoms with Crippen LogP contribution >= 0.6 is 11.8 Å². The Labute approximate surface area is 164 Å². The normalized spacial score (nSPS) is 11.0. The number of benzene rings is 2. The van der Waals surface area contributed by atoms with Gasteiger partial charge in [-0.25, -0.2) is 4.79 Å². The van der Waals surface area contributed by atoms with Crippen molar-refractivity contribution in [3.63, 3.8) is 0 Å². The first kappa shape index (κ1) is 20.8. The molecule has 2 aromatic carbocycles. The summed E-state index contributed by atoms with van der Waals surface area (Å²) in [5.74, 6) is -0.805. The predicted octanol–water partition coefficient (Wildman–Crippen LogP) is 5.10. The van der Waals surface area contributed by atoms with Crippen LogP contribution in [0.15, 0.2) is 41.3 Å². The fraction of sp³-hybridized carbons (Fsp3) is 0.273. The van der Waals surface area contributed by atoms with Gasteiger partial charge in [0.2, 0.25) is 5.91 Å². The molecule has 0 radical (unpaired) electrons. The highest BCUT2D eigenvalue weighted by Crippen LogP contribution is 2.34. The first-order chi connectivity index (χ1) is 12.7. The third-order valence-electron chi connectivity index (χ3n) is 5.05. The number of carbonyl (C=O) groups excluding carboxylic acids is 1. The monoisotopic (exact) mass is 383 g/mol. The topological polar surface area (TPSA) is 66.4 Å². The Balaban J connectivity index is 2.23. The molecule has 27 heavy (non-hydrogen) atoms. The molecule has 0 spiro atoms. The van der Waals surface area contributed by atoms with Gasteiger partial charge in [-0.1, -0.05) is 12.1 Å². The molecule has 0 fully saturated rings. The summed E-state index contributed by atoms with van der Waals surface area (Å²) in [6, 6.07) is 7.55. The zero-order valence-electron chi connectivity index (χ0n) is 16.3. The molecule has 0 bridgehead atoms. The van der Waals surface area contributed by atoms with Crippen LogP contribution in [0.2, 0.25) is 0 Å². The van der Waals surface area contributed by atoms with Crippen LogP contribution in [0.4, 0.5) is 5.69 Å². The zero-order chi connectivity index (χ0) is 20.1. The average Bonchev–Trinajstić information content (AvgIpc) is 2.64. The van der Waals surface area contributed by atoms with Crippen molar-refractivity contribution < 1.29 is 14.7 Å². The van der Waals surface area contributed by atoms with Gasteiger partial charge in [0.1, 0.15) is 0 Å². The predicted molar refractivity (Wildman–Crippen MR) is 112 cm³/mol. The van der Waals surface area contributed by atoms with Gasteiger partial charge in [-0.05, 0) is 80.1 Å². The Morgan fingerprint density at radius 3 is 2.07 bits per heavy atom. The van der Waals surface area contributed by atoms with Gasteiger partial charge < -0.3 is 10.4 Å². The second kappa shape index (κ2) is 8.91. The summed E-state index contributed by atoms with van der Waals surface area (Å²) in [6.45, 7) is 10.8. The number of rotatable bonds is 6. The second-order valence-corrected chi connectivity index (χ2v) is 7.57. The van der Waals surface area contributed by atoms with E-state index in [4.69, 9.17) is 5.11 Å². The van der Waals surface area contributed by atoms with Crippen LogP contribution in [0.25, 0.3) is 0 Å². The van der Waals surface area contributed by atoms with Gasteiger partial charge in [0, 0.05) is 22.8 Å². The van der Waals surface area contributed by atoms with Crippen molar-refractivity contribution >= 4 is 29.3 Å². The molecule has 0 unspecified atom stereocenters. The lowest BCUT2D eigenvalue weighted by molar-refractivity contribution is -0.131. The van der Waals surface area contributed by atoms with Crippen LogP contribution in [-0.2, 0) is 15.3 Å². The molecule has 4 nitrogen and oxygen atoms in total. The number of para-hydroxylation sites is 1. The third kappa shape index (κ3) is 5.01. The van der Waals surface area contributed by atoms with E-state index in [9.17, 15) is 9.59 Å². The molecule has 0 aliphatic rings. The van der Waals surface area contributed by atoms with E-state index < -0.39 is 11.9 Å². The van der Waals surface area contributed by atoms with E-state index in [0.29, 0.717) is 5.69 Å². The maximum absolute atomic E-state index is 11.9. The van der Waals surface area contributed by atoms with Gasteiger partial charge in [0.25, 0.3) is 0 Å². The molecular weight excluding hydrogens is 358 g/mol. The number of carboxylic acid groups (broad SMARTS) is 1. The van der Waals surface area contributed by atoms with E-state index >= 15 is 0 Å². The largest absolute Gasteiger partial charge is 0.478 e. The van der Waals surface area contributed by atoms with E-state index in [1.54, 1.807) is 11.8 Å². The van der Waals surface area contributed by atoms with Gasteiger partial charge >= 0.3 is 5.97 Å². The zero-order valence-corrected chi connectivity index (χ0v) is 17.2. The van der Waals surface area contributed by atoms with Gasteiger partial charge in [0.15, 0.2) is 0 Å². The number of hydrogen-bond donors (Lipinski definition) is 2. The summed E-state index contributed by atoms with van der Waals surface area (Å²) in [6.07, 6.45) is 1.85. The molecule has 0 atom stereocenters. The van der Waals surface area contributed by atoms with Gasteiger partial charge in [-0.3, -0.25) is 4.79 Å². The van der Waals surface area contributed by atoms with Gasteiger partial charge in [-0.2, -0.15) is 0 Å². The molecule has 0 saturated heterocycles. The van der Waals surface area contributed by atoms with Crippen molar-refractivity contribution in [3.05, 3.63) is 69.8 Å². The number of thioether (sulfide) groups is 1. The van der Waals surface area contributed by atoms with Crippen molar-refractivity contribution in [1.29, 1.82) is 0 Å². The van der Waals surface area contributed by atoms with Crippen molar-refractivity contribution in [2.24, 2.45) is 0 Å². The summed E-state index contributed by atoms with van der Waals surface area (Å²) < 4.78 is 0. The minimum atomic E-state index is -1.15. The summed E-state index contributed by atoms with van der Waals surface area (Å²) >= 11 is 1.66. The third-order valence-corrected chi connectivity index (χ3v) is 6.15. The molecule has 0 saturated carbocycles. The molecule has 0 aliphatic carbocycles. The minimum Gasteiger partial charge on any atom is -0.478 e. The Morgan fingerprint density at radius 2 is 1.48 bits per heavy atom. The molecule has 5 heteroatoms. The summed E-state index contributed by atoms with van der Waals surface area (Å²) in [4.78, 5) is 23.4. The maximum atomic E-state index is 11.9. The van der Waals surface area contributed by atoms with Gasteiger partial charge in [0.05, 0.1) is 5.69 Å². The Bertz CT molecular complexity index is 887. The highest BCUT2D eigenvalue weighted by atomic mass is 32.2. The number of aliphatic carboxylic acids is 1. The lowest BCUT2D eigenvalue weighted by Gasteiger charge is -2.19. The van der Waals surface area contributed by atoms with E-state index in [1.807, 2.05) is 24.3 Å². The lowest BCUT2D eigenvalue weighted by Crippen LogP contribution is -2.09. The highest BCUT2D eigenvalue weighted by molar-refractivity contribution is 7.98. The second-order valence-electron chi connectivity index (χ2n) is 6.55. The summed E-state index contributed by atoms with van der Waals surface area (Å²) in [5, 5.41) is 11.4. The molecular formula is C22H25NO3S. The summed E-state index contributed by atoms with van der Waals surface area (Å²) in [7, 11) is 0. The fourth-order valence-electron chi connectivity index (χ4n) is 2.96. The first-order valence-electron chi connectivity index (χ1n) is 8.72. The number of anilines is 1. The van der Waals surface area contributed by atoms with E-state index in [0.717, 1.165) is 22.8 Å². The van der Waals surface area contributed by atoms with Crippen molar-refractivity contribution in [3.8, 4) is 0 Å². The fourth-order valence-corrected chi connectivity index (χ4v) is 4.14. The van der Waals surface area contributed by atoms with Crippen LogP contribution < -0.4 is 5.32 Å². The Hall–Kier alpha value is -2.53. The van der Waals surface area contributed by atoms with Crippen LogP contribution in [0.5, 0.6) is 0 Å². The summed E-state index contributed by atoms with van der Waals surface area (Å²) in [5.41, 5.74) is 8.63. The molecule has 1 amide bonds. The molecule has 142 valence electrons. The number of nitrogens with one attached hydrogen (secondary N) is 1. The lowest BCUT2D eigenvalue weighted by atomic mass is 9.90. The first-order valence-corrected chi connectivity index (χ1v) is 9.70. The van der Waals surface area contributed by atoms with Crippen LogP contribution in [-0.4, -0.2) is 17.0 Å².